The molecule has 0 spiro atoms. The number of amides is 2. The van der Waals surface area contributed by atoms with Crippen molar-refractivity contribution in [3.63, 3.8) is 0 Å². The van der Waals surface area contributed by atoms with Gasteiger partial charge in [-0.15, -0.1) is 0 Å². The van der Waals surface area contributed by atoms with Crippen LogP contribution in [0, 0.1) is 0 Å². The molecule has 0 aliphatic heterocycles. The van der Waals surface area contributed by atoms with E-state index in [1.807, 2.05) is 17.7 Å². The summed E-state index contributed by atoms with van der Waals surface area (Å²) in [5.74, 6) is -0.629. The Morgan fingerprint density at radius 1 is 1.59 bits per heavy atom. The molecule has 6 heteroatoms. The number of aryl methyl sites for hydroxylation is 1. The predicted octanol–water partition coefficient (Wildman–Crippen LogP) is 1.26. The Morgan fingerprint density at radius 2 is 2.24 bits per heavy atom. The predicted molar refractivity (Wildman–Crippen MR) is 68.5 cm³/mol. The van der Waals surface area contributed by atoms with Gasteiger partial charge in [-0.05, 0) is 35.8 Å². The van der Waals surface area contributed by atoms with Crippen LogP contribution in [-0.4, -0.2) is 22.4 Å². The fourth-order valence-electron chi connectivity index (χ4n) is 1.58. The van der Waals surface area contributed by atoms with Gasteiger partial charge < -0.3 is 15.6 Å². The van der Waals surface area contributed by atoms with Crippen molar-refractivity contribution in [2.24, 2.45) is 5.73 Å². The van der Waals surface area contributed by atoms with Gasteiger partial charge in [-0.2, -0.15) is 0 Å². The Bertz CT molecular complexity index is 428. The summed E-state index contributed by atoms with van der Waals surface area (Å²) in [5, 5.41) is 2.73. The minimum absolute atomic E-state index is 0.139. The molecule has 0 bridgehead atoms. The van der Waals surface area contributed by atoms with Crippen LogP contribution in [0.15, 0.2) is 16.7 Å². The molecular formula is C11H16BrN3O2. The second-order valence-electron chi connectivity index (χ2n) is 3.87. The average Bonchev–Trinajstić information content (AvgIpc) is 2.58. The molecule has 94 valence electrons. The number of nitrogens with one attached hydrogen (secondary N) is 1. The van der Waals surface area contributed by atoms with Gasteiger partial charge in [0.25, 0.3) is 5.91 Å². The Hall–Kier alpha value is -1.30. The van der Waals surface area contributed by atoms with Gasteiger partial charge in [-0.3, -0.25) is 9.59 Å². The molecule has 1 aromatic rings. The van der Waals surface area contributed by atoms with E-state index in [9.17, 15) is 9.59 Å². The highest BCUT2D eigenvalue weighted by molar-refractivity contribution is 9.10. The van der Waals surface area contributed by atoms with Crippen LogP contribution >= 0.6 is 15.9 Å². The molecule has 5 nitrogen and oxygen atoms in total. The van der Waals surface area contributed by atoms with E-state index in [0.29, 0.717) is 12.2 Å². The van der Waals surface area contributed by atoms with Crippen molar-refractivity contribution in [1.82, 2.24) is 9.88 Å². The van der Waals surface area contributed by atoms with Gasteiger partial charge in [0.1, 0.15) is 5.69 Å². The topological polar surface area (TPSA) is 77.1 Å². The quantitative estimate of drug-likeness (QED) is 0.859. The van der Waals surface area contributed by atoms with E-state index in [1.54, 1.807) is 13.0 Å². The normalized spacial score (nSPS) is 12.2. The summed E-state index contributed by atoms with van der Waals surface area (Å²) >= 11 is 3.32. The first-order valence-electron chi connectivity index (χ1n) is 5.38. The molecule has 1 atom stereocenters. The Kier molecular flexibility index (Phi) is 4.74. The van der Waals surface area contributed by atoms with Crippen molar-refractivity contribution in [1.29, 1.82) is 0 Å². The molecular weight excluding hydrogens is 286 g/mol. The summed E-state index contributed by atoms with van der Waals surface area (Å²) in [4.78, 5) is 22.6. The van der Waals surface area contributed by atoms with Crippen LogP contribution in [0.4, 0.5) is 0 Å². The number of halogens is 1. The second kappa shape index (κ2) is 5.86. The summed E-state index contributed by atoms with van der Waals surface area (Å²) in [6.07, 6.45) is 1.98. The lowest BCUT2D eigenvalue weighted by Gasteiger charge is -2.12. The summed E-state index contributed by atoms with van der Waals surface area (Å²) in [6, 6.07) is 1.48. The lowest BCUT2D eigenvalue weighted by atomic mass is 10.2. The molecule has 0 saturated carbocycles. The van der Waals surface area contributed by atoms with E-state index in [4.69, 9.17) is 5.73 Å². The number of nitrogens with zero attached hydrogens (tertiary/aromatic N) is 1. The summed E-state index contributed by atoms with van der Waals surface area (Å²) in [7, 11) is 0. The molecule has 1 rings (SSSR count). The largest absolute Gasteiger partial charge is 0.370 e. The van der Waals surface area contributed by atoms with Gasteiger partial charge >= 0.3 is 0 Å². The average molecular weight is 302 g/mol. The van der Waals surface area contributed by atoms with E-state index in [0.717, 1.165) is 4.47 Å². The highest BCUT2D eigenvalue weighted by Gasteiger charge is 2.15. The van der Waals surface area contributed by atoms with Gasteiger partial charge in [0.2, 0.25) is 5.91 Å². The summed E-state index contributed by atoms with van der Waals surface area (Å²) < 4.78 is 2.68. The van der Waals surface area contributed by atoms with Crippen molar-refractivity contribution in [2.45, 2.75) is 32.9 Å². The van der Waals surface area contributed by atoms with E-state index >= 15 is 0 Å². The van der Waals surface area contributed by atoms with E-state index < -0.39 is 5.91 Å². The fourth-order valence-corrected chi connectivity index (χ4v) is 2.04. The maximum atomic E-state index is 11.9. The summed E-state index contributed by atoms with van der Waals surface area (Å²) in [5.41, 5.74) is 5.63. The maximum Gasteiger partial charge on any atom is 0.268 e. The Morgan fingerprint density at radius 3 is 2.76 bits per heavy atom. The molecule has 0 aromatic carbocycles. The molecule has 2 amide bonds. The van der Waals surface area contributed by atoms with E-state index in [-0.39, 0.29) is 18.4 Å². The standard InChI is InChI=1S/C11H16BrN3O2/c1-3-15-6-8(12)5-9(15)11(17)14-7(2)4-10(13)16/h5-7H,3-4H2,1-2H3,(H2,13,16)(H,14,17). The molecule has 0 aliphatic carbocycles. The molecule has 3 N–H and O–H groups in total. The van der Waals surface area contributed by atoms with Crippen molar-refractivity contribution in [3.8, 4) is 0 Å². The monoisotopic (exact) mass is 301 g/mol. The maximum absolute atomic E-state index is 11.9. The number of hydrogen-bond acceptors (Lipinski definition) is 2. The first kappa shape index (κ1) is 13.8. The number of aromatic nitrogens is 1. The van der Waals surface area contributed by atoms with E-state index in [1.165, 1.54) is 0 Å². The van der Waals surface area contributed by atoms with Crippen LogP contribution in [0.2, 0.25) is 0 Å². The summed E-state index contributed by atoms with van der Waals surface area (Å²) in [6.45, 7) is 4.41. The van der Waals surface area contributed by atoms with Crippen molar-refractivity contribution >= 4 is 27.7 Å². The zero-order valence-corrected chi connectivity index (χ0v) is 11.5. The highest BCUT2D eigenvalue weighted by Crippen LogP contribution is 2.15. The van der Waals surface area contributed by atoms with Crippen LogP contribution in [0.1, 0.15) is 30.8 Å². The first-order valence-corrected chi connectivity index (χ1v) is 6.18. The minimum atomic E-state index is -0.426. The van der Waals surface area contributed by atoms with Gasteiger partial charge in [0, 0.05) is 29.7 Å². The van der Waals surface area contributed by atoms with E-state index in [2.05, 4.69) is 21.2 Å². The first-order chi connectivity index (χ1) is 7.93. The van der Waals surface area contributed by atoms with Crippen molar-refractivity contribution in [2.75, 3.05) is 0 Å². The number of hydrogen-bond donors (Lipinski definition) is 2. The second-order valence-corrected chi connectivity index (χ2v) is 4.79. The third kappa shape index (κ3) is 3.89. The lowest BCUT2D eigenvalue weighted by molar-refractivity contribution is -0.118. The molecule has 0 radical (unpaired) electrons. The molecule has 0 saturated heterocycles. The Labute approximate surface area is 108 Å². The van der Waals surface area contributed by atoms with Crippen molar-refractivity contribution < 1.29 is 9.59 Å². The van der Waals surface area contributed by atoms with Gasteiger partial charge in [-0.1, -0.05) is 0 Å². The van der Waals surface area contributed by atoms with Gasteiger partial charge in [-0.25, -0.2) is 0 Å². The van der Waals surface area contributed by atoms with Crippen LogP contribution < -0.4 is 11.1 Å². The molecule has 1 aromatic heterocycles. The molecule has 1 heterocycles. The molecule has 1 unspecified atom stereocenters. The third-order valence-corrected chi connectivity index (χ3v) is 2.76. The van der Waals surface area contributed by atoms with Gasteiger partial charge in [0.05, 0.1) is 0 Å². The highest BCUT2D eigenvalue weighted by atomic mass is 79.9. The fraction of sp³-hybridized carbons (Fsp3) is 0.455. The van der Waals surface area contributed by atoms with Crippen LogP contribution in [0.3, 0.4) is 0 Å². The third-order valence-electron chi connectivity index (χ3n) is 2.32. The molecule has 0 fully saturated rings. The zero-order valence-electron chi connectivity index (χ0n) is 9.87. The van der Waals surface area contributed by atoms with Crippen molar-refractivity contribution in [3.05, 3.63) is 22.4 Å². The number of primary amides is 1. The SMILES string of the molecule is CCn1cc(Br)cc1C(=O)NC(C)CC(N)=O. The number of nitrogens with two attached hydrogens (primary N) is 1. The smallest absolute Gasteiger partial charge is 0.268 e. The number of rotatable bonds is 5. The number of carbonyl (C=O) groups is 2. The van der Waals surface area contributed by atoms with Crippen LogP contribution in [0.25, 0.3) is 0 Å². The minimum Gasteiger partial charge on any atom is -0.370 e. The van der Waals surface area contributed by atoms with Crippen LogP contribution in [0.5, 0.6) is 0 Å². The zero-order chi connectivity index (χ0) is 13.0. The lowest BCUT2D eigenvalue weighted by Crippen LogP contribution is -2.36. The number of carbonyl (C=O) groups excluding carboxylic acids is 2. The van der Waals surface area contributed by atoms with Crippen LogP contribution in [-0.2, 0) is 11.3 Å². The van der Waals surface area contributed by atoms with Gasteiger partial charge in [0.15, 0.2) is 0 Å². The molecule has 0 aliphatic rings. The Balaban J connectivity index is 2.72. The molecule has 17 heavy (non-hydrogen) atoms.